The molecule has 3 heteroatoms. The third-order valence-electron chi connectivity index (χ3n) is 3.17. The van der Waals surface area contributed by atoms with Gasteiger partial charge in [0.15, 0.2) is 0 Å². The van der Waals surface area contributed by atoms with Crippen LogP contribution in [-0.2, 0) is 11.3 Å². The summed E-state index contributed by atoms with van der Waals surface area (Å²) in [6.45, 7) is 6.97. The van der Waals surface area contributed by atoms with Gasteiger partial charge in [0.2, 0.25) is 5.91 Å². The Balaban J connectivity index is 2.52. The standard InChI is InChI=1S/C16H22N2O/c1-12(2)13(3)16(19)18-11-15-8-6-14(7-9-15)5-4-10-17/h6-9,12-13H,10-11,17H2,1-3H3,(H,18,19). The number of nitrogens with two attached hydrogens (primary N) is 1. The van der Waals surface area contributed by atoms with Gasteiger partial charge in [0.05, 0.1) is 6.54 Å². The minimum absolute atomic E-state index is 0.0368. The van der Waals surface area contributed by atoms with Crippen molar-refractivity contribution in [2.24, 2.45) is 17.6 Å². The maximum atomic E-state index is 11.8. The van der Waals surface area contributed by atoms with Gasteiger partial charge in [-0.3, -0.25) is 4.79 Å². The second kappa shape index (κ2) is 7.60. The van der Waals surface area contributed by atoms with E-state index in [0.29, 0.717) is 19.0 Å². The molecule has 1 aromatic carbocycles. The zero-order chi connectivity index (χ0) is 14.3. The summed E-state index contributed by atoms with van der Waals surface area (Å²) < 4.78 is 0. The Morgan fingerprint density at radius 2 is 1.89 bits per heavy atom. The number of nitrogens with one attached hydrogen (secondary N) is 1. The quantitative estimate of drug-likeness (QED) is 0.811. The van der Waals surface area contributed by atoms with E-state index in [9.17, 15) is 4.79 Å². The van der Waals surface area contributed by atoms with Gasteiger partial charge in [-0.1, -0.05) is 44.7 Å². The zero-order valence-corrected chi connectivity index (χ0v) is 11.9. The molecule has 0 aliphatic rings. The van der Waals surface area contributed by atoms with Gasteiger partial charge < -0.3 is 11.1 Å². The highest BCUT2D eigenvalue weighted by Crippen LogP contribution is 2.10. The summed E-state index contributed by atoms with van der Waals surface area (Å²) in [5.41, 5.74) is 7.33. The van der Waals surface area contributed by atoms with Crippen LogP contribution in [0.25, 0.3) is 0 Å². The van der Waals surface area contributed by atoms with E-state index >= 15 is 0 Å². The van der Waals surface area contributed by atoms with Crippen LogP contribution in [0, 0.1) is 23.7 Å². The Labute approximate surface area is 115 Å². The van der Waals surface area contributed by atoms with Gasteiger partial charge in [0, 0.05) is 18.0 Å². The number of hydrogen-bond acceptors (Lipinski definition) is 2. The Morgan fingerprint density at radius 3 is 2.42 bits per heavy atom. The molecule has 0 saturated carbocycles. The maximum absolute atomic E-state index is 11.8. The Bertz CT molecular complexity index is 466. The summed E-state index contributed by atoms with van der Waals surface area (Å²) in [6, 6.07) is 7.83. The third-order valence-corrected chi connectivity index (χ3v) is 3.17. The largest absolute Gasteiger partial charge is 0.352 e. The molecule has 3 nitrogen and oxygen atoms in total. The van der Waals surface area contributed by atoms with Crippen LogP contribution >= 0.6 is 0 Å². The fraction of sp³-hybridized carbons (Fsp3) is 0.438. The minimum Gasteiger partial charge on any atom is -0.352 e. The molecule has 1 aromatic rings. The lowest BCUT2D eigenvalue weighted by atomic mass is 9.97. The number of carbonyl (C=O) groups excluding carboxylic acids is 1. The van der Waals surface area contributed by atoms with Crippen molar-refractivity contribution in [3.05, 3.63) is 35.4 Å². The van der Waals surface area contributed by atoms with E-state index in [1.54, 1.807) is 0 Å². The smallest absolute Gasteiger partial charge is 0.223 e. The van der Waals surface area contributed by atoms with Crippen LogP contribution < -0.4 is 11.1 Å². The lowest BCUT2D eigenvalue weighted by molar-refractivity contribution is -0.125. The number of rotatable bonds is 4. The van der Waals surface area contributed by atoms with Gasteiger partial charge in [-0.25, -0.2) is 0 Å². The molecule has 3 N–H and O–H groups in total. The Kier molecular flexibility index (Phi) is 6.11. The molecule has 0 aliphatic heterocycles. The second-order valence-corrected chi connectivity index (χ2v) is 4.95. The van der Waals surface area contributed by atoms with Crippen molar-refractivity contribution in [3.63, 3.8) is 0 Å². The van der Waals surface area contributed by atoms with Crippen LogP contribution in [0.3, 0.4) is 0 Å². The van der Waals surface area contributed by atoms with E-state index in [0.717, 1.165) is 11.1 Å². The fourth-order valence-electron chi connectivity index (χ4n) is 1.51. The monoisotopic (exact) mass is 258 g/mol. The van der Waals surface area contributed by atoms with Crippen molar-refractivity contribution in [2.45, 2.75) is 27.3 Å². The van der Waals surface area contributed by atoms with Crippen LogP contribution in [-0.4, -0.2) is 12.5 Å². The van der Waals surface area contributed by atoms with Crippen molar-refractivity contribution in [1.29, 1.82) is 0 Å². The van der Waals surface area contributed by atoms with Gasteiger partial charge >= 0.3 is 0 Å². The highest BCUT2D eigenvalue weighted by molar-refractivity contribution is 5.78. The molecule has 1 rings (SSSR count). The normalized spacial score (nSPS) is 11.6. The molecule has 0 fully saturated rings. The van der Waals surface area contributed by atoms with Gasteiger partial charge in [-0.2, -0.15) is 0 Å². The topological polar surface area (TPSA) is 55.1 Å². The first-order valence-corrected chi connectivity index (χ1v) is 6.60. The van der Waals surface area contributed by atoms with Gasteiger partial charge in [0.1, 0.15) is 0 Å². The molecule has 1 unspecified atom stereocenters. The minimum atomic E-state index is 0.0368. The second-order valence-electron chi connectivity index (χ2n) is 4.95. The van der Waals surface area contributed by atoms with Gasteiger partial charge in [-0.15, -0.1) is 0 Å². The summed E-state index contributed by atoms with van der Waals surface area (Å²) >= 11 is 0. The van der Waals surface area contributed by atoms with Crippen LogP contribution in [0.15, 0.2) is 24.3 Å². The highest BCUT2D eigenvalue weighted by Gasteiger charge is 2.15. The molecule has 0 radical (unpaired) electrons. The fourth-order valence-corrected chi connectivity index (χ4v) is 1.51. The predicted molar refractivity (Wildman–Crippen MR) is 78.2 cm³/mol. The van der Waals surface area contributed by atoms with Crippen molar-refractivity contribution in [2.75, 3.05) is 6.54 Å². The van der Waals surface area contributed by atoms with Crippen molar-refractivity contribution < 1.29 is 4.79 Å². The molecular formula is C16H22N2O. The maximum Gasteiger partial charge on any atom is 0.223 e. The van der Waals surface area contributed by atoms with Crippen LogP contribution in [0.5, 0.6) is 0 Å². The number of carbonyl (C=O) groups is 1. The molecule has 0 saturated heterocycles. The lowest BCUT2D eigenvalue weighted by Crippen LogP contribution is -2.31. The Hall–Kier alpha value is -1.79. The van der Waals surface area contributed by atoms with Gasteiger partial charge in [-0.05, 0) is 23.6 Å². The summed E-state index contributed by atoms with van der Waals surface area (Å²) in [6.07, 6.45) is 0. The molecule has 0 aliphatic carbocycles. The molecule has 0 heterocycles. The van der Waals surface area contributed by atoms with Crippen LogP contribution in [0.1, 0.15) is 31.9 Å². The number of benzene rings is 1. The van der Waals surface area contributed by atoms with Gasteiger partial charge in [0.25, 0.3) is 0 Å². The first-order chi connectivity index (χ1) is 9.04. The average Bonchev–Trinajstić information content (AvgIpc) is 2.42. The first-order valence-electron chi connectivity index (χ1n) is 6.60. The van der Waals surface area contributed by atoms with E-state index in [1.807, 2.05) is 31.2 Å². The van der Waals surface area contributed by atoms with Crippen molar-refractivity contribution in [3.8, 4) is 11.8 Å². The zero-order valence-electron chi connectivity index (χ0n) is 11.9. The van der Waals surface area contributed by atoms with E-state index in [1.165, 1.54) is 0 Å². The number of amides is 1. The molecular weight excluding hydrogens is 236 g/mol. The molecule has 0 bridgehead atoms. The van der Waals surface area contributed by atoms with Crippen LogP contribution in [0.4, 0.5) is 0 Å². The summed E-state index contributed by atoms with van der Waals surface area (Å²) in [5, 5.41) is 2.95. The van der Waals surface area contributed by atoms with E-state index in [-0.39, 0.29) is 11.8 Å². The van der Waals surface area contributed by atoms with E-state index in [4.69, 9.17) is 5.73 Å². The predicted octanol–water partition coefficient (Wildman–Crippen LogP) is 1.91. The molecule has 19 heavy (non-hydrogen) atoms. The Morgan fingerprint density at radius 1 is 1.26 bits per heavy atom. The SMILES string of the molecule is CC(C)C(C)C(=O)NCc1ccc(C#CCN)cc1. The van der Waals surface area contributed by atoms with Crippen molar-refractivity contribution in [1.82, 2.24) is 5.32 Å². The van der Waals surface area contributed by atoms with E-state index in [2.05, 4.69) is 31.0 Å². The summed E-state index contributed by atoms with van der Waals surface area (Å²) in [4.78, 5) is 11.8. The summed E-state index contributed by atoms with van der Waals surface area (Å²) in [7, 11) is 0. The molecule has 0 aromatic heterocycles. The average molecular weight is 258 g/mol. The summed E-state index contributed by atoms with van der Waals surface area (Å²) in [5.74, 6) is 6.27. The first kappa shape index (κ1) is 15.3. The van der Waals surface area contributed by atoms with E-state index < -0.39 is 0 Å². The molecule has 0 spiro atoms. The number of hydrogen-bond donors (Lipinski definition) is 2. The third kappa shape index (κ3) is 5.15. The highest BCUT2D eigenvalue weighted by atomic mass is 16.1. The van der Waals surface area contributed by atoms with Crippen LogP contribution in [0.2, 0.25) is 0 Å². The molecule has 102 valence electrons. The molecule has 1 atom stereocenters. The molecule has 1 amide bonds. The van der Waals surface area contributed by atoms with Crippen molar-refractivity contribution >= 4 is 5.91 Å². The lowest BCUT2D eigenvalue weighted by Gasteiger charge is -2.15.